The minimum absolute atomic E-state index is 0.00455. The van der Waals surface area contributed by atoms with Crippen molar-refractivity contribution in [1.82, 2.24) is 20.5 Å². The van der Waals surface area contributed by atoms with Crippen molar-refractivity contribution in [3.63, 3.8) is 0 Å². The number of pyridine rings is 1. The van der Waals surface area contributed by atoms with Gasteiger partial charge in [-0.3, -0.25) is 9.78 Å². The van der Waals surface area contributed by atoms with Crippen LogP contribution in [0, 0.1) is 0 Å². The van der Waals surface area contributed by atoms with Crippen molar-refractivity contribution in [2.75, 3.05) is 20.6 Å². The number of rotatable bonds is 5. The lowest BCUT2D eigenvalue weighted by molar-refractivity contribution is -0.127. The molecule has 21 heavy (non-hydrogen) atoms. The number of halogens is 1. The minimum atomic E-state index is 0.00455. The van der Waals surface area contributed by atoms with Crippen LogP contribution in [0.3, 0.4) is 0 Å². The lowest BCUT2D eigenvalue weighted by Gasteiger charge is -2.14. The molecule has 0 spiro atoms. The van der Waals surface area contributed by atoms with Crippen molar-refractivity contribution in [1.29, 1.82) is 0 Å². The third kappa shape index (κ3) is 5.59. The smallest absolute Gasteiger partial charge is 0.241 e. The molecule has 0 bridgehead atoms. The third-order valence-electron chi connectivity index (χ3n) is 3.01. The molecular weight excluding hydrogens is 290 g/mol. The Morgan fingerprint density at radius 1 is 1.48 bits per heavy atom. The highest BCUT2D eigenvalue weighted by atomic mass is 35.5. The van der Waals surface area contributed by atoms with Gasteiger partial charge in [0.15, 0.2) is 5.96 Å². The molecule has 0 unspecified atom stereocenters. The van der Waals surface area contributed by atoms with Crippen LogP contribution >= 0.6 is 11.6 Å². The Bertz CT molecular complexity index is 511. The van der Waals surface area contributed by atoms with Gasteiger partial charge in [-0.1, -0.05) is 11.6 Å². The molecule has 6 nitrogen and oxygen atoms in total. The number of carbonyl (C=O) groups is 1. The molecule has 1 fully saturated rings. The molecule has 7 heteroatoms. The Kier molecular flexibility index (Phi) is 5.38. The van der Waals surface area contributed by atoms with Crippen molar-refractivity contribution >= 4 is 23.5 Å². The molecule has 1 aromatic heterocycles. The van der Waals surface area contributed by atoms with E-state index in [0.717, 1.165) is 18.5 Å². The first-order chi connectivity index (χ1) is 10.0. The average molecular weight is 310 g/mol. The van der Waals surface area contributed by atoms with E-state index in [1.165, 1.54) is 0 Å². The first kappa shape index (κ1) is 15.6. The second-order valence-corrected chi connectivity index (χ2v) is 5.63. The Morgan fingerprint density at radius 2 is 2.24 bits per heavy atom. The van der Waals surface area contributed by atoms with Gasteiger partial charge in [-0.15, -0.1) is 0 Å². The first-order valence-electron chi connectivity index (χ1n) is 6.90. The van der Waals surface area contributed by atoms with Gasteiger partial charge in [0.2, 0.25) is 5.91 Å². The number of likely N-dealkylation sites (N-methyl/N-ethyl adjacent to an activating group) is 1. The lowest BCUT2D eigenvalue weighted by atomic mass is 10.3. The SMILES string of the molecule is CN(C)C(=O)CNC(=NCc1ccc(Cl)cn1)NC1CC1. The number of aromatic nitrogens is 1. The Hall–Kier alpha value is -1.82. The summed E-state index contributed by atoms with van der Waals surface area (Å²) in [4.78, 5) is 21.8. The van der Waals surface area contributed by atoms with Gasteiger partial charge < -0.3 is 15.5 Å². The summed E-state index contributed by atoms with van der Waals surface area (Å²) in [5.41, 5.74) is 0.829. The van der Waals surface area contributed by atoms with Gasteiger partial charge in [0.1, 0.15) is 0 Å². The van der Waals surface area contributed by atoms with Crippen LogP contribution in [0.2, 0.25) is 5.02 Å². The number of carbonyl (C=O) groups excluding carboxylic acids is 1. The van der Waals surface area contributed by atoms with Crippen LogP contribution in [0.5, 0.6) is 0 Å². The highest BCUT2D eigenvalue weighted by molar-refractivity contribution is 6.30. The molecule has 0 radical (unpaired) electrons. The van der Waals surface area contributed by atoms with Crippen molar-refractivity contribution in [2.45, 2.75) is 25.4 Å². The van der Waals surface area contributed by atoms with Crippen LogP contribution in [0.25, 0.3) is 0 Å². The molecule has 1 saturated carbocycles. The second-order valence-electron chi connectivity index (χ2n) is 5.19. The zero-order valence-corrected chi connectivity index (χ0v) is 13.0. The van der Waals surface area contributed by atoms with E-state index < -0.39 is 0 Å². The lowest BCUT2D eigenvalue weighted by Crippen LogP contribution is -2.43. The van der Waals surface area contributed by atoms with Gasteiger partial charge in [0.25, 0.3) is 0 Å². The first-order valence-corrected chi connectivity index (χ1v) is 7.28. The van der Waals surface area contributed by atoms with Gasteiger partial charge >= 0.3 is 0 Å². The fourth-order valence-corrected chi connectivity index (χ4v) is 1.66. The molecule has 2 N–H and O–H groups in total. The molecule has 1 amide bonds. The molecule has 1 aliphatic rings. The number of amides is 1. The molecular formula is C14H20ClN5O. The van der Waals surface area contributed by atoms with Gasteiger partial charge in [-0.25, -0.2) is 4.99 Å². The number of nitrogens with zero attached hydrogens (tertiary/aromatic N) is 3. The van der Waals surface area contributed by atoms with E-state index in [1.807, 2.05) is 6.07 Å². The summed E-state index contributed by atoms with van der Waals surface area (Å²) in [5.74, 6) is 0.648. The largest absolute Gasteiger partial charge is 0.354 e. The molecule has 0 saturated heterocycles. The van der Waals surface area contributed by atoms with E-state index in [4.69, 9.17) is 11.6 Å². The highest BCUT2D eigenvalue weighted by Crippen LogP contribution is 2.18. The summed E-state index contributed by atoms with van der Waals surface area (Å²) in [6, 6.07) is 4.09. The van der Waals surface area contributed by atoms with Gasteiger partial charge in [-0.2, -0.15) is 0 Å². The molecule has 2 rings (SSSR count). The van der Waals surface area contributed by atoms with E-state index in [1.54, 1.807) is 31.3 Å². The Morgan fingerprint density at radius 3 is 2.81 bits per heavy atom. The zero-order chi connectivity index (χ0) is 15.2. The van der Waals surface area contributed by atoms with Crippen LogP contribution in [-0.4, -0.2) is 48.4 Å². The molecule has 0 atom stereocenters. The van der Waals surface area contributed by atoms with E-state index >= 15 is 0 Å². The number of aliphatic imine (C=N–C) groups is 1. The maximum atomic E-state index is 11.6. The topological polar surface area (TPSA) is 69.6 Å². The molecule has 0 aliphatic heterocycles. The molecule has 1 aliphatic carbocycles. The third-order valence-corrected chi connectivity index (χ3v) is 3.24. The van der Waals surface area contributed by atoms with Gasteiger partial charge in [0, 0.05) is 26.3 Å². The van der Waals surface area contributed by atoms with Crippen molar-refractivity contribution in [3.05, 3.63) is 29.0 Å². The summed E-state index contributed by atoms with van der Waals surface area (Å²) in [5, 5.41) is 6.93. The Labute approximate surface area is 129 Å². The fourth-order valence-electron chi connectivity index (χ4n) is 1.55. The van der Waals surface area contributed by atoms with E-state index in [0.29, 0.717) is 23.6 Å². The van der Waals surface area contributed by atoms with Crippen molar-refractivity contribution < 1.29 is 4.79 Å². The zero-order valence-electron chi connectivity index (χ0n) is 12.3. The van der Waals surface area contributed by atoms with Crippen LogP contribution in [-0.2, 0) is 11.3 Å². The maximum Gasteiger partial charge on any atom is 0.241 e. The van der Waals surface area contributed by atoms with Crippen LogP contribution in [0.1, 0.15) is 18.5 Å². The normalized spacial score (nSPS) is 14.7. The maximum absolute atomic E-state index is 11.6. The summed E-state index contributed by atoms with van der Waals surface area (Å²) in [6.07, 6.45) is 3.88. The molecule has 1 heterocycles. The highest BCUT2D eigenvalue weighted by Gasteiger charge is 2.22. The van der Waals surface area contributed by atoms with Crippen LogP contribution < -0.4 is 10.6 Å². The van der Waals surface area contributed by atoms with Crippen molar-refractivity contribution in [3.8, 4) is 0 Å². The monoisotopic (exact) mass is 309 g/mol. The number of nitrogens with one attached hydrogen (secondary N) is 2. The summed E-state index contributed by atoms with van der Waals surface area (Å²) in [6.45, 7) is 0.662. The van der Waals surface area contributed by atoms with Gasteiger partial charge in [-0.05, 0) is 25.0 Å². The minimum Gasteiger partial charge on any atom is -0.354 e. The summed E-state index contributed by atoms with van der Waals surface area (Å²) >= 11 is 5.80. The van der Waals surface area contributed by atoms with Gasteiger partial charge in [0.05, 0.1) is 23.8 Å². The Balaban J connectivity index is 1.92. The number of guanidine groups is 1. The molecule has 0 aromatic carbocycles. The fraction of sp³-hybridized carbons (Fsp3) is 0.500. The van der Waals surface area contributed by atoms with Crippen LogP contribution in [0.4, 0.5) is 0 Å². The molecule has 114 valence electrons. The summed E-state index contributed by atoms with van der Waals surface area (Å²) in [7, 11) is 3.46. The predicted octanol–water partition coefficient (Wildman–Crippen LogP) is 1.02. The summed E-state index contributed by atoms with van der Waals surface area (Å²) < 4.78 is 0. The van der Waals surface area contributed by atoms with E-state index in [-0.39, 0.29) is 12.5 Å². The van der Waals surface area contributed by atoms with E-state index in [9.17, 15) is 4.79 Å². The quantitative estimate of drug-likeness (QED) is 0.629. The number of hydrogen-bond donors (Lipinski definition) is 2. The number of hydrogen-bond acceptors (Lipinski definition) is 3. The average Bonchev–Trinajstić information content (AvgIpc) is 3.27. The standard InChI is InChI=1S/C14H20ClN5O/c1-20(2)13(21)9-18-14(19-11-5-6-11)17-8-12-4-3-10(15)7-16-12/h3-4,7,11H,5-6,8-9H2,1-2H3,(H2,17,18,19). The predicted molar refractivity (Wildman–Crippen MR) is 83.2 cm³/mol. The second kappa shape index (κ2) is 7.26. The van der Waals surface area contributed by atoms with Crippen molar-refractivity contribution in [2.24, 2.45) is 4.99 Å². The van der Waals surface area contributed by atoms with E-state index in [2.05, 4.69) is 20.6 Å². The molecule has 1 aromatic rings. The van der Waals surface area contributed by atoms with Crippen LogP contribution in [0.15, 0.2) is 23.3 Å².